The minimum absolute atomic E-state index is 0.422. The Balaban J connectivity index is 1.23. The first-order valence-electron chi connectivity index (χ1n) is 13.7. The van der Waals surface area contributed by atoms with Crippen LogP contribution >= 0.6 is 0 Å². The van der Waals surface area contributed by atoms with Gasteiger partial charge in [0.25, 0.3) is 0 Å². The molecule has 0 radical (unpaired) electrons. The summed E-state index contributed by atoms with van der Waals surface area (Å²) < 4.78 is 8.62. The molecule has 0 saturated heterocycles. The van der Waals surface area contributed by atoms with E-state index in [4.69, 9.17) is 4.42 Å². The molecule has 1 aliphatic carbocycles. The summed E-state index contributed by atoms with van der Waals surface area (Å²) in [5, 5.41) is 3.76. The molecule has 1 unspecified atom stereocenters. The van der Waals surface area contributed by atoms with Crippen LogP contribution in [0, 0.1) is 0 Å². The molecule has 0 bridgehead atoms. The van der Waals surface area contributed by atoms with Gasteiger partial charge in [-0.25, -0.2) is 0 Å². The van der Waals surface area contributed by atoms with E-state index < -0.39 is 0 Å². The fourth-order valence-corrected chi connectivity index (χ4v) is 6.25. The molecule has 2 aromatic heterocycles. The van der Waals surface area contributed by atoms with Crippen LogP contribution in [0.15, 0.2) is 126 Å². The second-order valence-electron chi connectivity index (χ2n) is 10.6. The Morgan fingerprint density at radius 1 is 0.615 bits per heavy atom. The molecule has 39 heavy (non-hydrogen) atoms. The van der Waals surface area contributed by atoms with E-state index in [0.717, 1.165) is 17.8 Å². The standard InChI is InChI=1S/C37H27NO/c1-24-9-6-16-32-33-23-28(19-20-36(33)39-37(24)32)26-11-7-10-25(21-26)27-12-8-13-29(22-27)38-34-17-4-2-14-30(34)31-15-3-5-18-35(31)38/h2-8,10-24H,9H2,1H3. The van der Waals surface area contributed by atoms with Gasteiger partial charge in [0.1, 0.15) is 11.3 Å². The molecule has 186 valence electrons. The van der Waals surface area contributed by atoms with Crippen LogP contribution in [0.4, 0.5) is 0 Å². The van der Waals surface area contributed by atoms with Gasteiger partial charge in [0, 0.05) is 33.3 Å². The summed E-state index contributed by atoms with van der Waals surface area (Å²) in [5.41, 5.74) is 10.7. The lowest BCUT2D eigenvalue weighted by Gasteiger charge is -2.12. The molecule has 2 heteroatoms. The normalized spacial score (nSPS) is 14.8. The number of aromatic nitrogens is 1. The summed E-state index contributed by atoms with van der Waals surface area (Å²) in [7, 11) is 0. The summed E-state index contributed by atoms with van der Waals surface area (Å²) in [6, 6.07) is 41.7. The predicted molar refractivity (Wildman–Crippen MR) is 163 cm³/mol. The molecule has 1 aliphatic rings. The van der Waals surface area contributed by atoms with Crippen molar-refractivity contribution in [3.05, 3.63) is 133 Å². The molecule has 0 spiro atoms. The maximum Gasteiger partial charge on any atom is 0.134 e. The number of rotatable bonds is 3. The van der Waals surface area contributed by atoms with Crippen molar-refractivity contribution in [1.82, 2.24) is 4.57 Å². The number of benzene rings is 5. The predicted octanol–water partition coefficient (Wildman–Crippen LogP) is 10.4. The van der Waals surface area contributed by atoms with Crippen molar-refractivity contribution in [2.45, 2.75) is 19.3 Å². The second kappa shape index (κ2) is 8.61. The van der Waals surface area contributed by atoms with Gasteiger partial charge in [0.15, 0.2) is 0 Å². The monoisotopic (exact) mass is 501 g/mol. The Hall–Kier alpha value is -4.82. The smallest absolute Gasteiger partial charge is 0.134 e. The van der Waals surface area contributed by atoms with Gasteiger partial charge in [-0.05, 0) is 71.1 Å². The third-order valence-electron chi connectivity index (χ3n) is 8.19. The molecule has 8 rings (SSSR count). The lowest BCUT2D eigenvalue weighted by Crippen LogP contribution is -1.95. The van der Waals surface area contributed by atoms with Crippen molar-refractivity contribution in [3.8, 4) is 27.9 Å². The Bertz CT molecular complexity index is 2020. The highest BCUT2D eigenvalue weighted by Gasteiger charge is 2.20. The molecule has 0 fully saturated rings. The van der Waals surface area contributed by atoms with E-state index >= 15 is 0 Å². The van der Waals surface area contributed by atoms with E-state index in [1.807, 2.05) is 0 Å². The average Bonchev–Trinajstić information content (AvgIpc) is 3.54. The third kappa shape index (κ3) is 3.49. The SMILES string of the molecule is CC1CC=Cc2c1oc1ccc(-c3cccc(-c4cccc(-n5c6ccccc6c6ccccc65)c4)c3)cc21. The summed E-state index contributed by atoms with van der Waals surface area (Å²) in [4.78, 5) is 0. The number of fused-ring (bicyclic) bond motifs is 6. The minimum Gasteiger partial charge on any atom is -0.460 e. The maximum atomic E-state index is 6.24. The number of allylic oxidation sites excluding steroid dienone is 1. The van der Waals surface area contributed by atoms with Gasteiger partial charge < -0.3 is 8.98 Å². The van der Waals surface area contributed by atoms with Gasteiger partial charge in [-0.3, -0.25) is 0 Å². The Kier molecular flexibility index (Phi) is 4.90. The fourth-order valence-electron chi connectivity index (χ4n) is 6.25. The van der Waals surface area contributed by atoms with Crippen molar-refractivity contribution in [2.75, 3.05) is 0 Å². The molecule has 2 nitrogen and oxygen atoms in total. The van der Waals surface area contributed by atoms with E-state index in [1.54, 1.807) is 0 Å². The number of para-hydroxylation sites is 2. The zero-order valence-corrected chi connectivity index (χ0v) is 21.8. The molecule has 0 saturated carbocycles. The van der Waals surface area contributed by atoms with Crippen LogP contribution in [0.5, 0.6) is 0 Å². The first-order chi connectivity index (χ1) is 19.2. The van der Waals surface area contributed by atoms with E-state index in [2.05, 4.69) is 139 Å². The van der Waals surface area contributed by atoms with Crippen molar-refractivity contribution in [3.63, 3.8) is 0 Å². The van der Waals surface area contributed by atoms with Crippen LogP contribution in [-0.2, 0) is 0 Å². The van der Waals surface area contributed by atoms with Crippen LogP contribution < -0.4 is 0 Å². The van der Waals surface area contributed by atoms with Gasteiger partial charge in [-0.1, -0.05) is 91.9 Å². The molecular weight excluding hydrogens is 474 g/mol. The van der Waals surface area contributed by atoms with Gasteiger partial charge in [0.2, 0.25) is 0 Å². The van der Waals surface area contributed by atoms with Crippen molar-refractivity contribution in [2.24, 2.45) is 0 Å². The van der Waals surface area contributed by atoms with Crippen LogP contribution in [0.2, 0.25) is 0 Å². The Morgan fingerprint density at radius 2 is 1.26 bits per heavy atom. The van der Waals surface area contributed by atoms with E-state index in [0.29, 0.717) is 5.92 Å². The molecular formula is C37H27NO. The van der Waals surface area contributed by atoms with Crippen LogP contribution in [0.25, 0.3) is 66.8 Å². The molecule has 2 heterocycles. The Morgan fingerprint density at radius 3 is 2.00 bits per heavy atom. The fraction of sp³-hybridized carbons (Fsp3) is 0.0811. The molecule has 0 aliphatic heterocycles. The Labute approximate surface area is 227 Å². The lowest BCUT2D eigenvalue weighted by atomic mass is 9.93. The molecule has 5 aromatic carbocycles. The first kappa shape index (κ1) is 22.2. The minimum atomic E-state index is 0.422. The van der Waals surface area contributed by atoms with Gasteiger partial charge in [-0.15, -0.1) is 0 Å². The van der Waals surface area contributed by atoms with Crippen LogP contribution in [0.1, 0.15) is 30.6 Å². The summed E-state index contributed by atoms with van der Waals surface area (Å²) in [6.45, 7) is 2.24. The van der Waals surface area contributed by atoms with E-state index in [-0.39, 0.29) is 0 Å². The third-order valence-corrected chi connectivity index (χ3v) is 8.19. The number of hydrogen-bond acceptors (Lipinski definition) is 1. The average molecular weight is 502 g/mol. The van der Waals surface area contributed by atoms with Gasteiger partial charge in [0.05, 0.1) is 11.0 Å². The summed E-state index contributed by atoms with van der Waals surface area (Å²) in [5.74, 6) is 1.53. The van der Waals surface area contributed by atoms with E-state index in [1.165, 1.54) is 60.7 Å². The van der Waals surface area contributed by atoms with Gasteiger partial charge >= 0.3 is 0 Å². The van der Waals surface area contributed by atoms with Gasteiger partial charge in [-0.2, -0.15) is 0 Å². The number of hydrogen-bond donors (Lipinski definition) is 0. The van der Waals surface area contributed by atoms with Crippen LogP contribution in [0.3, 0.4) is 0 Å². The maximum absolute atomic E-state index is 6.24. The largest absolute Gasteiger partial charge is 0.460 e. The lowest BCUT2D eigenvalue weighted by molar-refractivity contribution is 0.504. The van der Waals surface area contributed by atoms with E-state index in [9.17, 15) is 0 Å². The topological polar surface area (TPSA) is 18.1 Å². The highest BCUT2D eigenvalue weighted by molar-refractivity contribution is 6.09. The molecule has 0 amide bonds. The quantitative estimate of drug-likeness (QED) is 0.235. The first-order valence-corrected chi connectivity index (χ1v) is 13.7. The molecule has 1 atom stereocenters. The summed E-state index contributed by atoms with van der Waals surface area (Å²) in [6.07, 6.45) is 5.52. The highest BCUT2D eigenvalue weighted by atomic mass is 16.3. The zero-order chi connectivity index (χ0) is 25.9. The second-order valence-corrected chi connectivity index (χ2v) is 10.6. The molecule has 0 N–H and O–H groups in total. The van der Waals surface area contributed by atoms with Crippen molar-refractivity contribution >= 4 is 38.9 Å². The van der Waals surface area contributed by atoms with Crippen LogP contribution in [-0.4, -0.2) is 4.57 Å². The summed E-state index contributed by atoms with van der Waals surface area (Å²) >= 11 is 0. The number of nitrogens with zero attached hydrogens (tertiary/aromatic N) is 1. The zero-order valence-electron chi connectivity index (χ0n) is 21.8. The molecule has 7 aromatic rings. The van der Waals surface area contributed by atoms with Crippen molar-refractivity contribution < 1.29 is 4.42 Å². The van der Waals surface area contributed by atoms with Crippen molar-refractivity contribution in [1.29, 1.82) is 0 Å². The highest BCUT2D eigenvalue weighted by Crippen LogP contribution is 2.39. The number of furan rings is 1.